The average molecular weight is 520 g/mol. The molecule has 1 aromatic heterocycles. The van der Waals surface area contributed by atoms with Gasteiger partial charge in [0, 0.05) is 30.5 Å². The van der Waals surface area contributed by atoms with E-state index in [1.54, 1.807) is 30.3 Å². The maximum atomic E-state index is 13.3. The number of carboxylic acids is 1. The second kappa shape index (κ2) is 13.8. The maximum Gasteiger partial charge on any atom is 0.327 e. The quantitative estimate of drug-likeness (QED) is 0.128. The van der Waals surface area contributed by atoms with Crippen LogP contribution in [0, 0.1) is 0 Å². The highest BCUT2D eigenvalue weighted by Gasteiger charge is 2.31. The third-order valence-corrected chi connectivity index (χ3v) is 5.45. The normalized spacial score (nSPS) is 14.1. The summed E-state index contributed by atoms with van der Waals surface area (Å²) >= 11 is 3.93. The first-order valence-corrected chi connectivity index (χ1v) is 11.5. The van der Waals surface area contributed by atoms with Crippen molar-refractivity contribution in [3.8, 4) is 0 Å². The summed E-state index contributed by atoms with van der Waals surface area (Å²) in [7, 11) is 0. The number of carbonyl (C=O) groups is 5. The van der Waals surface area contributed by atoms with Crippen molar-refractivity contribution in [1.29, 1.82) is 0 Å². The third-order valence-electron chi connectivity index (χ3n) is 5.08. The first-order chi connectivity index (χ1) is 17.1. The Balaban J connectivity index is 2.25. The monoisotopic (exact) mass is 519 g/mol. The molecule has 2 aromatic rings. The Morgan fingerprint density at radius 1 is 0.944 bits per heavy atom. The molecule has 9 N–H and O–H groups in total. The van der Waals surface area contributed by atoms with Crippen molar-refractivity contribution in [2.75, 3.05) is 5.75 Å². The van der Waals surface area contributed by atoms with Gasteiger partial charge in [-0.25, -0.2) is 9.78 Å². The molecule has 1 aromatic carbocycles. The number of carboxylic acid groups (broad SMARTS) is 1. The van der Waals surface area contributed by atoms with E-state index in [1.807, 2.05) is 0 Å². The summed E-state index contributed by atoms with van der Waals surface area (Å²) in [5, 5.41) is 16.6. The standard InChI is InChI=1S/C22H29N7O6S/c23-14(8-18(24)30)19(31)27-15(6-12-4-2-1-3-5-12)20(32)28-16(7-13-9-25-11-26-13)21(33)29-17(10-36)22(34)35/h1-5,9,11,14-17,36H,6-8,10,23H2,(H2,24,30)(H,25,26)(H,27,31)(H,28,32)(H,29,33)(H,34,35). The molecule has 0 bridgehead atoms. The van der Waals surface area contributed by atoms with Crippen molar-refractivity contribution in [1.82, 2.24) is 25.9 Å². The molecule has 0 spiro atoms. The van der Waals surface area contributed by atoms with Gasteiger partial charge in [0.05, 0.1) is 18.8 Å². The van der Waals surface area contributed by atoms with Gasteiger partial charge in [0.1, 0.15) is 18.1 Å². The second-order valence-electron chi connectivity index (χ2n) is 7.95. The molecule has 0 saturated heterocycles. The highest BCUT2D eigenvalue weighted by Crippen LogP contribution is 2.07. The molecule has 0 aliphatic heterocycles. The van der Waals surface area contributed by atoms with Crippen LogP contribution in [0.25, 0.3) is 0 Å². The second-order valence-corrected chi connectivity index (χ2v) is 8.32. The van der Waals surface area contributed by atoms with Crippen LogP contribution in [0.15, 0.2) is 42.9 Å². The lowest BCUT2D eigenvalue weighted by Crippen LogP contribution is -2.58. The predicted molar refractivity (Wildman–Crippen MR) is 132 cm³/mol. The zero-order valence-electron chi connectivity index (χ0n) is 19.2. The van der Waals surface area contributed by atoms with E-state index in [4.69, 9.17) is 11.5 Å². The number of benzene rings is 1. The molecule has 2 rings (SSSR count). The minimum absolute atomic E-state index is 0.0380. The van der Waals surface area contributed by atoms with Crippen LogP contribution in [0.3, 0.4) is 0 Å². The number of aromatic nitrogens is 2. The third kappa shape index (κ3) is 9.03. The van der Waals surface area contributed by atoms with E-state index in [0.29, 0.717) is 11.3 Å². The van der Waals surface area contributed by atoms with Gasteiger partial charge in [-0.2, -0.15) is 12.6 Å². The lowest BCUT2D eigenvalue weighted by atomic mass is 10.0. The highest BCUT2D eigenvalue weighted by atomic mass is 32.1. The van der Waals surface area contributed by atoms with Crippen molar-refractivity contribution in [3.63, 3.8) is 0 Å². The highest BCUT2D eigenvalue weighted by molar-refractivity contribution is 7.80. The lowest BCUT2D eigenvalue weighted by molar-refractivity contribution is -0.141. The molecule has 4 atom stereocenters. The number of aromatic amines is 1. The van der Waals surface area contributed by atoms with Gasteiger partial charge in [-0.1, -0.05) is 30.3 Å². The maximum absolute atomic E-state index is 13.3. The first-order valence-electron chi connectivity index (χ1n) is 10.9. The average Bonchev–Trinajstić information content (AvgIpc) is 3.34. The van der Waals surface area contributed by atoms with E-state index in [0.717, 1.165) is 0 Å². The number of nitrogens with zero attached hydrogens (tertiary/aromatic N) is 1. The number of hydrogen-bond donors (Lipinski definition) is 8. The van der Waals surface area contributed by atoms with Gasteiger partial charge in [0.2, 0.25) is 23.6 Å². The van der Waals surface area contributed by atoms with Gasteiger partial charge < -0.3 is 37.5 Å². The number of rotatable bonds is 14. The zero-order valence-corrected chi connectivity index (χ0v) is 20.1. The topological polar surface area (TPSA) is 222 Å². The Morgan fingerprint density at radius 3 is 2.06 bits per heavy atom. The number of imidazole rings is 1. The molecule has 0 aliphatic rings. The molecule has 36 heavy (non-hydrogen) atoms. The number of amides is 4. The zero-order chi connectivity index (χ0) is 26.7. The Bertz CT molecular complexity index is 1050. The van der Waals surface area contributed by atoms with Gasteiger partial charge in [-0.3, -0.25) is 19.2 Å². The Hall–Kier alpha value is -3.91. The molecule has 13 nitrogen and oxygen atoms in total. The molecule has 1 heterocycles. The minimum atomic E-state index is -1.29. The van der Waals surface area contributed by atoms with E-state index >= 15 is 0 Å². The number of hydrogen-bond acceptors (Lipinski definition) is 8. The van der Waals surface area contributed by atoms with Crippen molar-refractivity contribution >= 4 is 42.2 Å². The molecule has 4 unspecified atom stereocenters. The van der Waals surface area contributed by atoms with Gasteiger partial charge >= 0.3 is 5.97 Å². The number of primary amides is 1. The van der Waals surface area contributed by atoms with Crippen molar-refractivity contribution in [2.24, 2.45) is 11.5 Å². The molecule has 0 radical (unpaired) electrons. The van der Waals surface area contributed by atoms with Crippen LogP contribution in [0.1, 0.15) is 17.7 Å². The molecule has 4 amide bonds. The van der Waals surface area contributed by atoms with Gasteiger partial charge in [-0.05, 0) is 5.56 Å². The largest absolute Gasteiger partial charge is 0.480 e. The van der Waals surface area contributed by atoms with E-state index in [2.05, 4.69) is 38.5 Å². The first kappa shape index (κ1) is 28.3. The number of nitrogens with two attached hydrogens (primary N) is 2. The predicted octanol–water partition coefficient (Wildman–Crippen LogP) is -2.13. The summed E-state index contributed by atoms with van der Waals surface area (Å²) < 4.78 is 0. The summed E-state index contributed by atoms with van der Waals surface area (Å²) in [4.78, 5) is 67.9. The lowest BCUT2D eigenvalue weighted by Gasteiger charge is -2.25. The van der Waals surface area contributed by atoms with E-state index in [-0.39, 0.29) is 18.6 Å². The van der Waals surface area contributed by atoms with Crippen LogP contribution in [-0.4, -0.2) is 74.6 Å². The summed E-state index contributed by atoms with van der Waals surface area (Å²) in [5.74, 6) is -4.51. The number of thiol groups is 1. The summed E-state index contributed by atoms with van der Waals surface area (Å²) in [6.07, 6.45) is 2.43. The molecule has 0 saturated carbocycles. The van der Waals surface area contributed by atoms with Crippen LogP contribution in [0.5, 0.6) is 0 Å². The molecule has 194 valence electrons. The Labute approximate surface area is 212 Å². The minimum Gasteiger partial charge on any atom is -0.480 e. The van der Waals surface area contributed by atoms with E-state index < -0.39 is 60.2 Å². The smallest absolute Gasteiger partial charge is 0.327 e. The van der Waals surface area contributed by atoms with E-state index in [1.165, 1.54) is 12.5 Å². The summed E-state index contributed by atoms with van der Waals surface area (Å²) in [6, 6.07) is 3.84. The van der Waals surface area contributed by atoms with Crippen LogP contribution in [-0.2, 0) is 36.8 Å². The molecule has 14 heteroatoms. The van der Waals surface area contributed by atoms with Gasteiger partial charge in [0.25, 0.3) is 0 Å². The fraction of sp³-hybridized carbons (Fsp3) is 0.364. The van der Waals surface area contributed by atoms with Crippen molar-refractivity contribution in [2.45, 2.75) is 43.4 Å². The van der Waals surface area contributed by atoms with Gasteiger partial charge in [0.15, 0.2) is 0 Å². The molecule has 0 fully saturated rings. The molecular weight excluding hydrogens is 490 g/mol. The number of aliphatic carboxylic acids is 1. The van der Waals surface area contributed by atoms with Crippen LogP contribution in [0.4, 0.5) is 0 Å². The van der Waals surface area contributed by atoms with Crippen LogP contribution in [0.2, 0.25) is 0 Å². The SMILES string of the molecule is NC(=O)CC(N)C(=O)NC(Cc1ccccc1)C(=O)NC(Cc1cnc[nH]1)C(=O)NC(CS)C(=O)O. The number of H-pyrrole nitrogens is 1. The Kier molecular flexibility index (Phi) is 10.9. The van der Waals surface area contributed by atoms with Crippen molar-refractivity contribution < 1.29 is 29.1 Å². The molecular formula is C22H29N7O6S. The van der Waals surface area contributed by atoms with Gasteiger partial charge in [-0.15, -0.1) is 0 Å². The fourth-order valence-corrected chi connectivity index (χ4v) is 3.45. The van der Waals surface area contributed by atoms with E-state index in [9.17, 15) is 29.1 Å². The van der Waals surface area contributed by atoms with Crippen molar-refractivity contribution in [3.05, 3.63) is 54.1 Å². The number of carbonyl (C=O) groups excluding carboxylic acids is 4. The fourth-order valence-electron chi connectivity index (χ4n) is 3.20. The molecule has 0 aliphatic carbocycles. The van der Waals surface area contributed by atoms with Crippen LogP contribution >= 0.6 is 12.6 Å². The van der Waals surface area contributed by atoms with Crippen LogP contribution < -0.4 is 27.4 Å². The summed E-state index contributed by atoms with van der Waals surface area (Å²) in [5.41, 5.74) is 12.0. The Morgan fingerprint density at radius 2 is 1.53 bits per heavy atom. The number of nitrogens with one attached hydrogen (secondary N) is 4. The summed E-state index contributed by atoms with van der Waals surface area (Å²) in [6.45, 7) is 0.